The smallest absolute Gasteiger partial charge is 0.243 e. The number of aromatic amines is 1. The lowest BCUT2D eigenvalue weighted by molar-refractivity contribution is 0.315. The number of H-pyrrole nitrogens is 1. The van der Waals surface area contributed by atoms with Gasteiger partial charge in [-0.3, -0.25) is 0 Å². The van der Waals surface area contributed by atoms with Gasteiger partial charge in [-0.2, -0.15) is 0 Å². The van der Waals surface area contributed by atoms with Crippen LogP contribution in [0.1, 0.15) is 12.8 Å². The van der Waals surface area contributed by atoms with E-state index in [2.05, 4.69) is 30.0 Å². The minimum absolute atomic E-state index is 0.0911. The van der Waals surface area contributed by atoms with Gasteiger partial charge in [-0.05, 0) is 41.4 Å². The van der Waals surface area contributed by atoms with Crippen LogP contribution in [0.4, 0.5) is 5.69 Å². The molecule has 1 aromatic carbocycles. The van der Waals surface area contributed by atoms with Crippen LogP contribution in [0, 0.1) is 0 Å². The Labute approximate surface area is 132 Å². The molecule has 0 spiro atoms. The molecule has 2 heterocycles. The van der Waals surface area contributed by atoms with E-state index in [0.717, 1.165) is 18.5 Å². The van der Waals surface area contributed by atoms with Gasteiger partial charge in [0.15, 0.2) is 5.52 Å². The van der Waals surface area contributed by atoms with Crippen LogP contribution in [-0.4, -0.2) is 35.8 Å². The van der Waals surface area contributed by atoms with Crippen molar-refractivity contribution in [2.24, 2.45) is 0 Å². The molecule has 0 amide bonds. The Hall–Kier alpha value is -2.39. The molecule has 3 aromatic rings. The van der Waals surface area contributed by atoms with E-state index in [9.17, 15) is 8.42 Å². The molecule has 0 unspecified atom stereocenters. The van der Waals surface area contributed by atoms with Crippen LogP contribution in [0.5, 0.6) is 0 Å². The number of aromatic nitrogens is 3. The van der Waals surface area contributed by atoms with Crippen LogP contribution >= 0.6 is 0 Å². The average molecular weight is 333 g/mol. The maximum atomic E-state index is 12.5. The lowest BCUT2D eigenvalue weighted by Gasteiger charge is -2.36. The van der Waals surface area contributed by atoms with Crippen LogP contribution in [0.25, 0.3) is 11.0 Å². The highest BCUT2D eigenvalue weighted by molar-refractivity contribution is 7.89. The number of fused-ring (bicyclic) bond motifs is 1. The lowest BCUT2D eigenvalue weighted by atomic mass is 9.87. The van der Waals surface area contributed by atoms with Crippen molar-refractivity contribution >= 4 is 26.7 Å². The number of nitrogens with zero attached hydrogens (tertiary/aromatic N) is 2. The zero-order chi connectivity index (χ0) is 15.9. The lowest BCUT2D eigenvalue weighted by Crippen LogP contribution is -2.49. The zero-order valence-electron chi connectivity index (χ0n) is 12.1. The Morgan fingerprint density at radius 1 is 1.17 bits per heavy atom. The Morgan fingerprint density at radius 3 is 2.83 bits per heavy atom. The second-order valence-electron chi connectivity index (χ2n) is 5.62. The maximum absolute atomic E-state index is 12.5. The van der Waals surface area contributed by atoms with Gasteiger partial charge in [-0.15, -0.1) is 0 Å². The summed E-state index contributed by atoms with van der Waals surface area (Å²) in [5.74, 6) is 0. The van der Waals surface area contributed by atoms with Crippen LogP contribution in [0.15, 0.2) is 46.2 Å². The first-order valence-corrected chi connectivity index (χ1v) is 8.73. The van der Waals surface area contributed by atoms with E-state index in [1.165, 1.54) is 6.07 Å². The quantitative estimate of drug-likeness (QED) is 0.652. The Morgan fingerprint density at radius 2 is 2.04 bits per heavy atom. The van der Waals surface area contributed by atoms with Gasteiger partial charge in [0.25, 0.3) is 0 Å². The molecule has 1 fully saturated rings. The molecule has 9 heteroatoms. The fraction of sp³-hybridized carbons (Fsp3) is 0.286. The number of rotatable bonds is 5. The molecule has 23 heavy (non-hydrogen) atoms. The summed E-state index contributed by atoms with van der Waals surface area (Å²) >= 11 is 0. The standard InChI is InChI=1S/C14H15N5O3S/c20-23(21,13-3-1-2-12-14(13)18-22-17-12)19-11-6-10(7-11)16-9-4-5-15-8-9/h1-5,8,10-11,15-16,19H,6-7H2. The summed E-state index contributed by atoms with van der Waals surface area (Å²) in [6.45, 7) is 0. The van der Waals surface area contributed by atoms with Crippen molar-refractivity contribution in [2.75, 3.05) is 5.32 Å². The molecule has 8 nitrogen and oxygen atoms in total. The number of anilines is 1. The van der Waals surface area contributed by atoms with Gasteiger partial charge in [-0.25, -0.2) is 17.8 Å². The third-order valence-electron chi connectivity index (χ3n) is 3.97. The molecule has 3 N–H and O–H groups in total. The number of benzene rings is 1. The van der Waals surface area contributed by atoms with Gasteiger partial charge in [-0.1, -0.05) is 6.07 Å². The summed E-state index contributed by atoms with van der Waals surface area (Å²) in [6, 6.07) is 6.90. The number of hydrogen-bond acceptors (Lipinski definition) is 6. The second kappa shape index (κ2) is 5.36. The van der Waals surface area contributed by atoms with Crippen molar-refractivity contribution in [3.8, 4) is 0 Å². The van der Waals surface area contributed by atoms with E-state index in [1.54, 1.807) is 12.1 Å². The van der Waals surface area contributed by atoms with Crippen LogP contribution < -0.4 is 10.0 Å². The third-order valence-corrected chi connectivity index (χ3v) is 5.52. The second-order valence-corrected chi connectivity index (χ2v) is 7.30. The minimum atomic E-state index is -3.65. The van der Waals surface area contributed by atoms with Crippen LogP contribution in [0.2, 0.25) is 0 Å². The van der Waals surface area contributed by atoms with Gasteiger partial charge in [0.2, 0.25) is 10.0 Å². The molecule has 1 aliphatic rings. The van der Waals surface area contributed by atoms with E-state index in [0.29, 0.717) is 5.52 Å². The molecule has 0 atom stereocenters. The van der Waals surface area contributed by atoms with Gasteiger partial charge in [0.05, 0.1) is 5.69 Å². The molecule has 0 aliphatic heterocycles. The summed E-state index contributed by atoms with van der Waals surface area (Å²) in [5.41, 5.74) is 1.68. The van der Waals surface area contributed by atoms with Crippen LogP contribution in [0.3, 0.4) is 0 Å². The molecular formula is C14H15N5O3S. The Balaban J connectivity index is 1.44. The van der Waals surface area contributed by atoms with Crippen molar-refractivity contribution in [1.82, 2.24) is 20.0 Å². The average Bonchev–Trinajstić information content (AvgIpc) is 3.15. The summed E-state index contributed by atoms with van der Waals surface area (Å²) < 4.78 is 32.4. The van der Waals surface area contributed by atoms with E-state index in [1.807, 2.05) is 18.5 Å². The van der Waals surface area contributed by atoms with Crippen molar-refractivity contribution in [3.63, 3.8) is 0 Å². The molecular weight excluding hydrogens is 318 g/mol. The third kappa shape index (κ3) is 2.68. The summed E-state index contributed by atoms with van der Waals surface area (Å²) in [4.78, 5) is 3.07. The Kier molecular flexibility index (Phi) is 3.31. The molecule has 0 saturated heterocycles. The van der Waals surface area contributed by atoms with Gasteiger partial charge in [0.1, 0.15) is 10.4 Å². The zero-order valence-corrected chi connectivity index (χ0v) is 12.9. The SMILES string of the molecule is O=S(=O)(NC1CC(Nc2cc[nH]c2)C1)c1cccc2nonc12. The van der Waals surface area contributed by atoms with Crippen molar-refractivity contribution in [3.05, 3.63) is 36.7 Å². The fourth-order valence-electron chi connectivity index (χ4n) is 2.76. The van der Waals surface area contributed by atoms with Crippen LogP contribution in [-0.2, 0) is 10.0 Å². The van der Waals surface area contributed by atoms with Gasteiger partial charge < -0.3 is 10.3 Å². The van der Waals surface area contributed by atoms with Crippen molar-refractivity contribution < 1.29 is 13.0 Å². The summed E-state index contributed by atoms with van der Waals surface area (Å²) in [7, 11) is -3.65. The number of nitrogens with one attached hydrogen (secondary N) is 3. The molecule has 0 bridgehead atoms. The largest absolute Gasteiger partial charge is 0.381 e. The van der Waals surface area contributed by atoms with Gasteiger partial charge >= 0.3 is 0 Å². The Bertz CT molecular complexity index is 913. The normalized spacial score (nSPS) is 21.2. The van der Waals surface area contributed by atoms with E-state index < -0.39 is 10.0 Å². The maximum Gasteiger partial charge on any atom is 0.243 e. The molecule has 120 valence electrons. The highest BCUT2D eigenvalue weighted by Gasteiger charge is 2.33. The van der Waals surface area contributed by atoms with E-state index in [4.69, 9.17) is 0 Å². The number of hydrogen-bond donors (Lipinski definition) is 3. The predicted molar refractivity (Wildman–Crippen MR) is 83.4 cm³/mol. The topological polar surface area (TPSA) is 113 Å². The van der Waals surface area contributed by atoms with Gasteiger partial charge in [0, 0.05) is 24.5 Å². The number of sulfonamides is 1. The summed E-state index contributed by atoms with van der Waals surface area (Å²) in [5, 5.41) is 10.7. The molecule has 2 aromatic heterocycles. The highest BCUT2D eigenvalue weighted by atomic mass is 32.2. The van der Waals surface area contributed by atoms with E-state index in [-0.39, 0.29) is 22.5 Å². The fourth-order valence-corrected chi connectivity index (χ4v) is 4.17. The predicted octanol–water partition coefficient (Wildman–Crippen LogP) is 1.47. The highest BCUT2D eigenvalue weighted by Crippen LogP contribution is 2.27. The first kappa shape index (κ1) is 14.2. The monoisotopic (exact) mass is 333 g/mol. The van der Waals surface area contributed by atoms with E-state index >= 15 is 0 Å². The molecule has 4 rings (SSSR count). The van der Waals surface area contributed by atoms with Crippen molar-refractivity contribution in [2.45, 2.75) is 29.8 Å². The molecule has 0 radical (unpaired) electrons. The first-order valence-electron chi connectivity index (χ1n) is 7.25. The summed E-state index contributed by atoms with van der Waals surface area (Å²) in [6.07, 6.45) is 5.18. The molecule has 1 aliphatic carbocycles. The first-order chi connectivity index (χ1) is 11.1. The van der Waals surface area contributed by atoms with Crippen molar-refractivity contribution in [1.29, 1.82) is 0 Å². The minimum Gasteiger partial charge on any atom is -0.381 e. The molecule has 1 saturated carbocycles.